The maximum atomic E-state index is 5.58. The van der Waals surface area contributed by atoms with E-state index in [2.05, 4.69) is 303 Å². The summed E-state index contributed by atoms with van der Waals surface area (Å²) in [6, 6.07) is 85.5. The number of nitrogens with zero attached hydrogens (tertiary/aromatic N) is 4. The Kier molecular flexibility index (Phi) is 12.9. The summed E-state index contributed by atoms with van der Waals surface area (Å²) in [5.41, 5.74) is 20.8. The first kappa shape index (κ1) is 50.8. The van der Waals surface area contributed by atoms with Crippen molar-refractivity contribution in [3.8, 4) is 95.5 Å². The van der Waals surface area contributed by atoms with E-state index in [9.17, 15) is 0 Å². The average Bonchev–Trinajstić information content (AvgIpc) is 3.29. The van der Waals surface area contributed by atoms with E-state index in [1.807, 2.05) is 0 Å². The maximum Gasteiger partial charge on any atom is 0.164 e. The number of benzene rings is 10. The van der Waals surface area contributed by atoms with Crippen molar-refractivity contribution in [2.75, 3.05) is 0 Å². The van der Waals surface area contributed by atoms with Crippen molar-refractivity contribution in [3.05, 3.63) is 253 Å². The number of hydrogen-bond acceptors (Lipinski definition) is 3. The molecule has 12 aromatic rings. The van der Waals surface area contributed by atoms with Gasteiger partial charge in [0.15, 0.2) is 17.5 Å². The predicted molar refractivity (Wildman–Crippen MR) is 334 cm³/mol. The molecule has 0 saturated heterocycles. The van der Waals surface area contributed by atoms with Crippen LogP contribution in [0, 0.1) is 0 Å². The van der Waals surface area contributed by atoms with Gasteiger partial charge in [-0.25, -0.2) is 15.0 Å². The Morgan fingerprint density at radius 3 is 1.09 bits per heavy atom. The van der Waals surface area contributed by atoms with Gasteiger partial charge in [0.05, 0.1) is 16.7 Å². The number of fused-ring (bicyclic) bond motifs is 3. The van der Waals surface area contributed by atoms with Crippen LogP contribution in [0.4, 0.5) is 0 Å². The van der Waals surface area contributed by atoms with E-state index in [-0.39, 0.29) is 16.2 Å². The zero-order valence-corrected chi connectivity index (χ0v) is 46.8. The molecular formula is C75H66N4. The lowest BCUT2D eigenvalue weighted by Gasteiger charge is -2.28. The smallest absolute Gasteiger partial charge is 0.164 e. The van der Waals surface area contributed by atoms with Crippen LogP contribution in [-0.4, -0.2) is 19.5 Å². The lowest BCUT2D eigenvalue weighted by molar-refractivity contribution is 0.572. The summed E-state index contributed by atoms with van der Waals surface area (Å²) < 4.78 is 2.59. The van der Waals surface area contributed by atoms with Crippen LogP contribution in [0.15, 0.2) is 237 Å². The van der Waals surface area contributed by atoms with Gasteiger partial charge >= 0.3 is 0 Å². The Morgan fingerprint density at radius 1 is 0.278 bits per heavy atom. The summed E-state index contributed by atoms with van der Waals surface area (Å²) in [5, 5.41) is 2.51. The van der Waals surface area contributed by atoms with Crippen LogP contribution >= 0.6 is 0 Å². The molecule has 386 valence electrons. The second-order valence-corrected chi connectivity index (χ2v) is 24.2. The minimum Gasteiger partial charge on any atom is -0.308 e. The molecule has 0 spiro atoms. The van der Waals surface area contributed by atoms with Gasteiger partial charge in [0, 0.05) is 38.6 Å². The second kappa shape index (κ2) is 20.1. The Morgan fingerprint density at radius 2 is 0.646 bits per heavy atom. The van der Waals surface area contributed by atoms with E-state index in [4.69, 9.17) is 15.0 Å². The number of hydrogen-bond donors (Lipinski definition) is 0. The molecule has 0 N–H and O–H groups in total. The normalized spacial score (nSPS) is 12.1. The molecule has 0 radical (unpaired) electrons. The highest BCUT2D eigenvalue weighted by Gasteiger charge is 2.30. The van der Waals surface area contributed by atoms with Crippen molar-refractivity contribution in [1.29, 1.82) is 0 Å². The molecule has 0 aliphatic carbocycles. The topological polar surface area (TPSA) is 43.6 Å². The molecule has 0 aliphatic rings. The van der Waals surface area contributed by atoms with Gasteiger partial charge in [0.2, 0.25) is 0 Å². The van der Waals surface area contributed by atoms with Crippen LogP contribution < -0.4 is 0 Å². The molecule has 0 fully saturated rings. The van der Waals surface area contributed by atoms with Crippen LogP contribution in [0.5, 0.6) is 0 Å². The molecule has 0 saturated carbocycles. The standard InChI is InChI=1S/C75H66N4/c1-73(2,3)60-39-40-67-64(46-60)65-47-61(74(4,5)6)48-66(75(7,8)9)69(65)79(67)68-62(53-31-21-13-22-32-53)44-59(45-63(68)54-33-23-14-24-34-54)72-77-70(55-37-35-52(36-38-55)49-25-15-10-16-26-49)76-71(78-72)58-42-56(50-27-17-11-18-28-50)41-57(43-58)51-29-19-12-20-30-51/h10-48H,1-9H3. The van der Waals surface area contributed by atoms with E-state index in [1.165, 1.54) is 33.0 Å². The van der Waals surface area contributed by atoms with Crippen LogP contribution in [0.2, 0.25) is 0 Å². The van der Waals surface area contributed by atoms with E-state index < -0.39 is 0 Å². The highest BCUT2D eigenvalue weighted by atomic mass is 15.0. The fourth-order valence-corrected chi connectivity index (χ4v) is 11.1. The van der Waals surface area contributed by atoms with Gasteiger partial charge in [-0.15, -0.1) is 0 Å². The van der Waals surface area contributed by atoms with E-state index in [0.29, 0.717) is 17.5 Å². The Balaban J connectivity index is 1.18. The SMILES string of the molecule is CC(C)(C)c1ccc2c(c1)c1cc(C(C)(C)C)cc(C(C)(C)C)c1n2-c1c(-c2ccccc2)cc(-c2nc(-c3ccc(-c4ccccc4)cc3)nc(-c3cc(-c4ccccc4)cc(-c4ccccc4)c3)n2)cc1-c1ccccc1. The van der Waals surface area contributed by atoms with Crippen molar-refractivity contribution in [2.45, 2.75) is 78.6 Å². The molecule has 2 aromatic heterocycles. The zero-order chi connectivity index (χ0) is 54.6. The Hall–Kier alpha value is -8.99. The Bertz CT molecular complexity index is 4060. The summed E-state index contributed by atoms with van der Waals surface area (Å²) in [6.45, 7) is 21.0. The predicted octanol–water partition coefficient (Wildman–Crippen LogP) is 20.2. The molecule has 4 heteroatoms. The highest BCUT2D eigenvalue weighted by Crippen LogP contribution is 2.48. The second-order valence-electron chi connectivity index (χ2n) is 24.2. The first-order chi connectivity index (χ1) is 38.0. The van der Waals surface area contributed by atoms with Gasteiger partial charge in [-0.1, -0.05) is 250 Å². The van der Waals surface area contributed by atoms with E-state index in [0.717, 1.165) is 83.5 Å². The fourth-order valence-electron chi connectivity index (χ4n) is 11.1. The third kappa shape index (κ3) is 10.0. The van der Waals surface area contributed by atoms with Gasteiger partial charge in [0.25, 0.3) is 0 Å². The monoisotopic (exact) mass is 1020 g/mol. The number of aromatic nitrogens is 4. The van der Waals surface area contributed by atoms with Crippen LogP contribution in [-0.2, 0) is 16.2 Å². The van der Waals surface area contributed by atoms with Crippen LogP contribution in [0.1, 0.15) is 79.0 Å². The van der Waals surface area contributed by atoms with Crippen molar-refractivity contribution >= 4 is 21.8 Å². The van der Waals surface area contributed by atoms with Gasteiger partial charge in [-0.2, -0.15) is 0 Å². The van der Waals surface area contributed by atoms with Crippen molar-refractivity contribution < 1.29 is 0 Å². The molecule has 79 heavy (non-hydrogen) atoms. The van der Waals surface area contributed by atoms with Crippen molar-refractivity contribution in [1.82, 2.24) is 19.5 Å². The summed E-state index contributed by atoms with van der Waals surface area (Å²) in [7, 11) is 0. The molecule has 0 atom stereocenters. The third-order valence-corrected chi connectivity index (χ3v) is 15.5. The third-order valence-electron chi connectivity index (χ3n) is 15.5. The molecule has 10 aromatic carbocycles. The largest absolute Gasteiger partial charge is 0.308 e. The Labute approximate surface area is 466 Å². The summed E-state index contributed by atoms with van der Waals surface area (Å²) >= 11 is 0. The lowest BCUT2D eigenvalue weighted by Crippen LogP contribution is -2.18. The average molecular weight is 1020 g/mol. The van der Waals surface area contributed by atoms with Crippen molar-refractivity contribution in [3.63, 3.8) is 0 Å². The molecule has 12 rings (SSSR count). The molecule has 0 unspecified atom stereocenters. The maximum absolute atomic E-state index is 5.58. The van der Waals surface area contributed by atoms with Crippen LogP contribution in [0.3, 0.4) is 0 Å². The van der Waals surface area contributed by atoms with Crippen LogP contribution in [0.25, 0.3) is 117 Å². The van der Waals surface area contributed by atoms with E-state index in [1.54, 1.807) is 0 Å². The minimum absolute atomic E-state index is 0.0543. The highest BCUT2D eigenvalue weighted by molar-refractivity contribution is 6.13. The first-order valence-electron chi connectivity index (χ1n) is 27.7. The molecular weight excluding hydrogens is 957 g/mol. The fraction of sp³-hybridized carbons (Fsp3) is 0.160. The summed E-state index contributed by atoms with van der Waals surface area (Å²) in [6.07, 6.45) is 0. The number of rotatable bonds is 9. The molecule has 2 heterocycles. The zero-order valence-electron chi connectivity index (χ0n) is 46.8. The molecule has 0 bridgehead atoms. The van der Waals surface area contributed by atoms with Crippen molar-refractivity contribution in [2.24, 2.45) is 0 Å². The first-order valence-corrected chi connectivity index (χ1v) is 27.7. The summed E-state index contributed by atoms with van der Waals surface area (Å²) in [4.78, 5) is 16.5. The quantitative estimate of drug-likeness (QED) is 0.145. The lowest BCUT2D eigenvalue weighted by atomic mass is 9.79. The van der Waals surface area contributed by atoms with Gasteiger partial charge < -0.3 is 4.57 Å². The molecule has 0 aliphatic heterocycles. The molecule has 0 amide bonds. The minimum atomic E-state index is -0.201. The van der Waals surface area contributed by atoms with E-state index >= 15 is 0 Å². The summed E-state index contributed by atoms with van der Waals surface area (Å²) in [5.74, 6) is 1.77. The van der Waals surface area contributed by atoms with Gasteiger partial charge in [-0.05, 0) is 126 Å². The van der Waals surface area contributed by atoms with Gasteiger partial charge in [0.1, 0.15) is 0 Å². The molecule has 4 nitrogen and oxygen atoms in total. The van der Waals surface area contributed by atoms with Gasteiger partial charge in [-0.3, -0.25) is 0 Å².